The van der Waals surface area contributed by atoms with Crippen LogP contribution in [0.3, 0.4) is 0 Å². The zero-order chi connectivity index (χ0) is 17.5. The standard InChI is InChI=1S/C15H15N4O4S/c1-18-15-14(8-16-18)13(7-11(17-15)9-24(2,22)23)10-3-5-12(6-4-10)19(20)21/h3-8,19H,9H2,1-2H3/q-1. The van der Waals surface area contributed by atoms with Crippen molar-refractivity contribution in [1.29, 1.82) is 0 Å². The highest BCUT2D eigenvalue weighted by atomic mass is 32.2. The van der Waals surface area contributed by atoms with Gasteiger partial charge in [-0.1, -0.05) is 0 Å². The minimum atomic E-state index is -3.24. The molecule has 3 aromatic rings. The monoisotopic (exact) mass is 347 g/mol. The van der Waals surface area contributed by atoms with Gasteiger partial charge in [-0.05, 0) is 29.3 Å². The zero-order valence-electron chi connectivity index (χ0n) is 13.1. The van der Waals surface area contributed by atoms with Gasteiger partial charge >= 0.3 is 0 Å². The molecule has 0 saturated heterocycles. The van der Waals surface area contributed by atoms with E-state index in [-0.39, 0.29) is 11.4 Å². The fraction of sp³-hybridized carbons (Fsp3) is 0.200. The topological polar surface area (TPSA) is 115 Å². The maximum absolute atomic E-state index is 11.6. The Morgan fingerprint density at radius 1 is 1.21 bits per heavy atom. The molecule has 0 unspecified atom stereocenters. The second kappa shape index (κ2) is 5.95. The minimum absolute atomic E-state index is 0.0756. The summed E-state index contributed by atoms with van der Waals surface area (Å²) in [6, 6.07) is 7.89. The molecular weight excluding hydrogens is 332 g/mol. The maximum atomic E-state index is 11.6. The summed E-state index contributed by atoms with van der Waals surface area (Å²) < 4.78 is 24.8. The molecule has 1 N–H and O–H groups in total. The predicted octanol–water partition coefficient (Wildman–Crippen LogP) is 0.692. The van der Waals surface area contributed by atoms with E-state index >= 15 is 0 Å². The molecule has 0 atom stereocenters. The highest BCUT2D eigenvalue weighted by Gasteiger charge is 2.14. The normalized spacial score (nSPS) is 12.2. The molecule has 0 bridgehead atoms. The van der Waals surface area contributed by atoms with Crippen LogP contribution in [0.2, 0.25) is 0 Å². The number of quaternary nitrogens is 1. The van der Waals surface area contributed by atoms with Gasteiger partial charge in [0.15, 0.2) is 15.5 Å². The van der Waals surface area contributed by atoms with E-state index in [1.165, 1.54) is 12.1 Å². The largest absolute Gasteiger partial charge is 0.628 e. The summed E-state index contributed by atoms with van der Waals surface area (Å²) in [4.78, 5) is 4.37. The molecule has 126 valence electrons. The molecule has 9 heteroatoms. The Kier molecular flexibility index (Phi) is 4.10. The Hall–Kier alpha value is -2.33. The molecule has 0 amide bonds. The fourth-order valence-corrected chi connectivity index (χ4v) is 3.22. The second-order valence-electron chi connectivity index (χ2n) is 5.60. The first-order valence-electron chi connectivity index (χ1n) is 7.06. The van der Waals surface area contributed by atoms with E-state index in [0.29, 0.717) is 11.3 Å². The molecule has 0 aliphatic heterocycles. The van der Waals surface area contributed by atoms with Crippen LogP contribution in [0.1, 0.15) is 5.69 Å². The summed E-state index contributed by atoms with van der Waals surface area (Å²) in [7, 11) is -1.51. The van der Waals surface area contributed by atoms with E-state index in [2.05, 4.69) is 10.1 Å². The van der Waals surface area contributed by atoms with Gasteiger partial charge in [-0.15, -0.1) is 0 Å². The lowest BCUT2D eigenvalue weighted by Crippen LogP contribution is -2.96. The SMILES string of the molecule is Cn1ncc2c(-c3ccc([NH+]([O-])[O-])cc3)cc(CS(C)(=O)=O)nc21. The molecule has 0 aliphatic carbocycles. The Morgan fingerprint density at radius 3 is 2.46 bits per heavy atom. The molecule has 0 fully saturated rings. The molecule has 0 spiro atoms. The quantitative estimate of drug-likeness (QED) is 0.694. The molecule has 2 heterocycles. The summed E-state index contributed by atoms with van der Waals surface area (Å²) in [5.74, 6) is -0.182. The van der Waals surface area contributed by atoms with Crippen molar-refractivity contribution in [3.63, 3.8) is 0 Å². The third-order valence-corrected chi connectivity index (χ3v) is 4.42. The average molecular weight is 347 g/mol. The first-order chi connectivity index (χ1) is 11.2. The first kappa shape index (κ1) is 16.5. The number of rotatable bonds is 4. The van der Waals surface area contributed by atoms with Gasteiger partial charge in [0, 0.05) is 30.8 Å². The van der Waals surface area contributed by atoms with Gasteiger partial charge in [0.05, 0.1) is 17.6 Å². The lowest BCUT2D eigenvalue weighted by atomic mass is 10.0. The number of nitrogens with one attached hydrogen (secondary N) is 1. The summed E-state index contributed by atoms with van der Waals surface area (Å²) in [5.41, 5.74) is 2.54. The summed E-state index contributed by atoms with van der Waals surface area (Å²) >= 11 is 0. The summed E-state index contributed by atoms with van der Waals surface area (Å²) in [5, 5.41) is 25.4. The van der Waals surface area contributed by atoms with Crippen LogP contribution in [0.5, 0.6) is 0 Å². The maximum Gasteiger partial charge on any atom is 0.158 e. The van der Waals surface area contributed by atoms with Crippen molar-refractivity contribution in [3.05, 3.63) is 52.6 Å². The smallest absolute Gasteiger partial charge is 0.158 e. The van der Waals surface area contributed by atoms with Crippen LogP contribution in [-0.4, -0.2) is 29.4 Å². The molecular formula is C15H15N4O4S-. The van der Waals surface area contributed by atoms with Gasteiger partial charge in [-0.25, -0.2) is 13.4 Å². The molecule has 0 aliphatic rings. The van der Waals surface area contributed by atoms with Crippen LogP contribution >= 0.6 is 0 Å². The van der Waals surface area contributed by atoms with E-state index in [4.69, 9.17) is 0 Å². The Bertz CT molecular complexity index is 994. The van der Waals surface area contributed by atoms with Crippen molar-refractivity contribution in [3.8, 4) is 11.1 Å². The molecule has 8 nitrogen and oxygen atoms in total. The molecule has 2 aromatic heterocycles. The molecule has 0 saturated carbocycles. The number of hydrogen-bond acceptors (Lipinski definition) is 6. The highest BCUT2D eigenvalue weighted by Crippen LogP contribution is 2.29. The van der Waals surface area contributed by atoms with Gasteiger partial charge in [0.25, 0.3) is 0 Å². The molecule has 24 heavy (non-hydrogen) atoms. The molecule has 3 rings (SSSR count). The number of aryl methyl sites for hydroxylation is 1. The van der Waals surface area contributed by atoms with E-state index in [9.17, 15) is 18.8 Å². The lowest BCUT2D eigenvalue weighted by Gasteiger charge is -2.24. The van der Waals surface area contributed by atoms with Crippen LogP contribution in [0, 0.1) is 10.4 Å². The van der Waals surface area contributed by atoms with Crippen molar-refractivity contribution in [1.82, 2.24) is 14.8 Å². The third-order valence-electron chi connectivity index (χ3n) is 3.60. The number of fused-ring (bicyclic) bond motifs is 1. The number of nitrogens with zero attached hydrogens (tertiary/aromatic N) is 3. The van der Waals surface area contributed by atoms with Crippen LogP contribution in [0.4, 0.5) is 5.69 Å². The molecule has 0 radical (unpaired) electrons. The lowest BCUT2D eigenvalue weighted by molar-refractivity contribution is -0.715. The van der Waals surface area contributed by atoms with Crippen molar-refractivity contribution in [2.24, 2.45) is 7.05 Å². The fourth-order valence-electron chi connectivity index (χ4n) is 2.53. The first-order valence-corrected chi connectivity index (χ1v) is 9.12. The van der Waals surface area contributed by atoms with Crippen LogP contribution in [0.15, 0.2) is 36.5 Å². The third kappa shape index (κ3) is 3.29. The molecule has 1 aromatic carbocycles. The van der Waals surface area contributed by atoms with Gasteiger partial charge < -0.3 is 15.6 Å². The van der Waals surface area contributed by atoms with E-state index in [1.807, 2.05) is 0 Å². The van der Waals surface area contributed by atoms with Crippen molar-refractivity contribution in [2.75, 3.05) is 6.26 Å². The second-order valence-corrected chi connectivity index (χ2v) is 7.74. The Labute approximate surface area is 138 Å². The van der Waals surface area contributed by atoms with Crippen LogP contribution in [-0.2, 0) is 22.6 Å². The van der Waals surface area contributed by atoms with Crippen molar-refractivity contribution < 1.29 is 13.6 Å². The van der Waals surface area contributed by atoms with Crippen LogP contribution < -0.4 is 5.23 Å². The van der Waals surface area contributed by atoms with E-state index in [0.717, 1.165) is 22.8 Å². The van der Waals surface area contributed by atoms with Crippen molar-refractivity contribution in [2.45, 2.75) is 5.75 Å². The predicted molar refractivity (Wildman–Crippen MR) is 89.8 cm³/mol. The zero-order valence-corrected chi connectivity index (χ0v) is 13.9. The van der Waals surface area contributed by atoms with E-state index < -0.39 is 15.1 Å². The van der Waals surface area contributed by atoms with Gasteiger partial charge in [0.2, 0.25) is 0 Å². The summed E-state index contributed by atoms with van der Waals surface area (Å²) in [6.45, 7) is 0. The van der Waals surface area contributed by atoms with Gasteiger partial charge in [-0.3, -0.25) is 4.68 Å². The highest BCUT2D eigenvalue weighted by molar-refractivity contribution is 7.89. The number of sulfone groups is 1. The number of hydrogen-bond donors (Lipinski definition) is 1. The number of pyridine rings is 1. The van der Waals surface area contributed by atoms with Crippen molar-refractivity contribution >= 4 is 26.6 Å². The van der Waals surface area contributed by atoms with Crippen LogP contribution in [0.25, 0.3) is 22.2 Å². The summed E-state index contributed by atoms with van der Waals surface area (Å²) in [6.07, 6.45) is 2.80. The van der Waals surface area contributed by atoms with E-state index in [1.54, 1.807) is 36.1 Å². The average Bonchev–Trinajstić information content (AvgIpc) is 2.86. The number of aromatic nitrogens is 3. The number of benzene rings is 1. The minimum Gasteiger partial charge on any atom is -0.628 e. The van der Waals surface area contributed by atoms with Gasteiger partial charge in [0.1, 0.15) is 5.69 Å². The van der Waals surface area contributed by atoms with Gasteiger partial charge in [-0.2, -0.15) is 5.10 Å². The Morgan fingerprint density at radius 2 is 1.88 bits per heavy atom. The Balaban J connectivity index is 2.18.